The van der Waals surface area contributed by atoms with Crippen LogP contribution in [0, 0.1) is 0 Å². The molecule has 0 aromatic carbocycles. The summed E-state index contributed by atoms with van der Waals surface area (Å²) in [4.78, 5) is 8.60. The Labute approximate surface area is 99.3 Å². The average Bonchev–Trinajstić information content (AvgIpc) is 2.90. The molecule has 3 heterocycles. The summed E-state index contributed by atoms with van der Waals surface area (Å²) in [6, 6.07) is 5.86. The monoisotopic (exact) mass is 230 g/mol. The van der Waals surface area contributed by atoms with Crippen LogP contribution < -0.4 is 5.32 Å². The summed E-state index contributed by atoms with van der Waals surface area (Å²) >= 11 is 0. The van der Waals surface area contributed by atoms with Gasteiger partial charge >= 0.3 is 0 Å². The van der Waals surface area contributed by atoms with Crippen molar-refractivity contribution >= 4 is 0 Å². The van der Waals surface area contributed by atoms with Crippen molar-refractivity contribution in [2.45, 2.75) is 25.3 Å². The number of nitrogens with one attached hydrogen (secondary N) is 1. The second kappa shape index (κ2) is 4.63. The molecule has 2 aromatic heterocycles. The molecule has 2 aromatic rings. The lowest BCUT2D eigenvalue weighted by atomic mass is 10.1. The molecule has 0 unspecified atom stereocenters. The molecule has 5 nitrogen and oxygen atoms in total. The highest BCUT2D eigenvalue weighted by atomic mass is 16.5. The van der Waals surface area contributed by atoms with Crippen LogP contribution in [0.3, 0.4) is 0 Å². The molecule has 3 rings (SSSR count). The summed E-state index contributed by atoms with van der Waals surface area (Å²) in [5.41, 5.74) is 0.748. The van der Waals surface area contributed by atoms with Gasteiger partial charge in [-0.1, -0.05) is 17.6 Å². The van der Waals surface area contributed by atoms with Gasteiger partial charge in [-0.2, -0.15) is 4.98 Å². The highest BCUT2D eigenvalue weighted by Crippen LogP contribution is 2.23. The molecule has 1 aliphatic heterocycles. The molecule has 1 aliphatic rings. The second-order valence-electron chi connectivity index (χ2n) is 4.17. The number of rotatable bonds is 2. The Kier molecular flexibility index (Phi) is 2.83. The standard InChI is InChI=1S/C12H14N4O/c1-3-7-13-9(5-1)11-15-12(17-16-11)10-6-2-4-8-14-10/h1,3,5,7,10,14H,2,4,6,8H2/t10-/m1/s1. The number of nitrogens with zero attached hydrogens (tertiary/aromatic N) is 3. The summed E-state index contributed by atoms with van der Waals surface area (Å²) in [5, 5.41) is 7.36. The first-order valence-electron chi connectivity index (χ1n) is 5.92. The lowest BCUT2D eigenvalue weighted by Gasteiger charge is -2.19. The number of hydrogen-bond donors (Lipinski definition) is 1. The van der Waals surface area contributed by atoms with E-state index < -0.39 is 0 Å². The van der Waals surface area contributed by atoms with Gasteiger partial charge in [0.1, 0.15) is 5.69 Å². The molecule has 1 fully saturated rings. The minimum Gasteiger partial charge on any atom is -0.337 e. The molecule has 1 saturated heterocycles. The van der Waals surface area contributed by atoms with Gasteiger partial charge in [0.15, 0.2) is 0 Å². The Balaban J connectivity index is 1.83. The zero-order valence-electron chi connectivity index (χ0n) is 9.47. The SMILES string of the molecule is c1ccc(-c2noc([C@H]3CCCCN3)n2)nc1. The van der Waals surface area contributed by atoms with Crippen LogP contribution in [-0.2, 0) is 0 Å². The zero-order valence-corrected chi connectivity index (χ0v) is 9.47. The van der Waals surface area contributed by atoms with Crippen molar-refractivity contribution in [1.29, 1.82) is 0 Å². The molecule has 0 saturated carbocycles. The summed E-state index contributed by atoms with van der Waals surface area (Å²) in [6.07, 6.45) is 5.21. The van der Waals surface area contributed by atoms with E-state index >= 15 is 0 Å². The Morgan fingerprint density at radius 1 is 1.29 bits per heavy atom. The van der Waals surface area contributed by atoms with Gasteiger partial charge in [-0.05, 0) is 31.5 Å². The lowest BCUT2D eigenvalue weighted by molar-refractivity contribution is 0.297. The predicted molar refractivity (Wildman–Crippen MR) is 62.1 cm³/mol. The third kappa shape index (κ3) is 2.19. The fourth-order valence-electron chi connectivity index (χ4n) is 2.04. The number of piperidine rings is 1. The Hall–Kier alpha value is -1.75. The number of pyridine rings is 1. The Morgan fingerprint density at radius 2 is 2.29 bits per heavy atom. The molecular formula is C12H14N4O. The van der Waals surface area contributed by atoms with E-state index in [-0.39, 0.29) is 6.04 Å². The first kappa shape index (κ1) is 10.4. The minimum atomic E-state index is 0.203. The van der Waals surface area contributed by atoms with Gasteiger partial charge in [0.2, 0.25) is 11.7 Å². The molecule has 88 valence electrons. The van der Waals surface area contributed by atoms with Gasteiger partial charge in [-0.3, -0.25) is 4.98 Å². The minimum absolute atomic E-state index is 0.203. The van der Waals surface area contributed by atoms with E-state index in [4.69, 9.17) is 4.52 Å². The van der Waals surface area contributed by atoms with Crippen molar-refractivity contribution < 1.29 is 4.52 Å². The highest BCUT2D eigenvalue weighted by Gasteiger charge is 2.21. The van der Waals surface area contributed by atoms with Gasteiger partial charge in [-0.15, -0.1) is 0 Å². The molecule has 0 aliphatic carbocycles. The van der Waals surface area contributed by atoms with E-state index in [0.717, 1.165) is 18.7 Å². The summed E-state index contributed by atoms with van der Waals surface area (Å²) in [6.45, 7) is 1.02. The van der Waals surface area contributed by atoms with Crippen molar-refractivity contribution in [2.75, 3.05) is 6.54 Å². The van der Waals surface area contributed by atoms with Crippen molar-refractivity contribution in [1.82, 2.24) is 20.4 Å². The third-order valence-corrected chi connectivity index (χ3v) is 2.94. The van der Waals surface area contributed by atoms with Crippen LogP contribution in [-0.4, -0.2) is 21.7 Å². The maximum absolute atomic E-state index is 5.29. The first-order chi connectivity index (χ1) is 8.43. The fourth-order valence-corrected chi connectivity index (χ4v) is 2.04. The lowest BCUT2D eigenvalue weighted by Crippen LogP contribution is -2.26. The second-order valence-corrected chi connectivity index (χ2v) is 4.17. The first-order valence-corrected chi connectivity index (χ1v) is 5.92. The number of hydrogen-bond acceptors (Lipinski definition) is 5. The highest BCUT2D eigenvalue weighted by molar-refractivity contribution is 5.47. The maximum Gasteiger partial charge on any atom is 0.244 e. The van der Waals surface area contributed by atoms with Crippen LogP contribution in [0.1, 0.15) is 31.2 Å². The molecular weight excluding hydrogens is 216 g/mol. The third-order valence-electron chi connectivity index (χ3n) is 2.94. The summed E-state index contributed by atoms with van der Waals surface area (Å²) < 4.78 is 5.29. The summed E-state index contributed by atoms with van der Waals surface area (Å²) in [7, 11) is 0. The molecule has 0 radical (unpaired) electrons. The quantitative estimate of drug-likeness (QED) is 0.854. The van der Waals surface area contributed by atoms with Gasteiger partial charge in [-0.25, -0.2) is 0 Å². The molecule has 17 heavy (non-hydrogen) atoms. The van der Waals surface area contributed by atoms with Gasteiger partial charge < -0.3 is 9.84 Å². The maximum atomic E-state index is 5.29. The predicted octanol–water partition coefficient (Wildman–Crippen LogP) is 1.95. The average molecular weight is 230 g/mol. The van der Waals surface area contributed by atoms with Gasteiger partial charge in [0.25, 0.3) is 0 Å². The van der Waals surface area contributed by atoms with Crippen molar-refractivity contribution in [3.63, 3.8) is 0 Å². The molecule has 0 spiro atoms. The summed E-state index contributed by atoms with van der Waals surface area (Å²) in [5.74, 6) is 1.23. The van der Waals surface area contributed by atoms with Crippen molar-refractivity contribution in [3.05, 3.63) is 30.3 Å². The molecule has 0 bridgehead atoms. The van der Waals surface area contributed by atoms with Gasteiger partial charge in [0.05, 0.1) is 6.04 Å². The normalized spacial score (nSPS) is 20.4. The van der Waals surface area contributed by atoms with Gasteiger partial charge in [0, 0.05) is 6.20 Å². The van der Waals surface area contributed by atoms with Crippen molar-refractivity contribution in [3.8, 4) is 11.5 Å². The molecule has 0 amide bonds. The van der Waals surface area contributed by atoms with Crippen molar-refractivity contribution in [2.24, 2.45) is 0 Å². The smallest absolute Gasteiger partial charge is 0.244 e. The van der Waals surface area contributed by atoms with Crippen LogP contribution >= 0.6 is 0 Å². The topological polar surface area (TPSA) is 63.8 Å². The van der Waals surface area contributed by atoms with E-state index in [1.54, 1.807) is 6.20 Å². The number of aromatic nitrogens is 3. The van der Waals surface area contributed by atoms with Crippen LogP contribution in [0.5, 0.6) is 0 Å². The van der Waals surface area contributed by atoms with E-state index in [1.807, 2.05) is 18.2 Å². The molecule has 1 atom stereocenters. The Bertz CT molecular complexity index is 476. The van der Waals surface area contributed by atoms with Crippen LogP contribution in [0.2, 0.25) is 0 Å². The molecule has 5 heteroatoms. The van der Waals surface area contributed by atoms with Crippen LogP contribution in [0.4, 0.5) is 0 Å². The zero-order chi connectivity index (χ0) is 11.5. The van der Waals surface area contributed by atoms with Crippen LogP contribution in [0.15, 0.2) is 28.9 Å². The largest absolute Gasteiger partial charge is 0.337 e. The van der Waals surface area contributed by atoms with E-state index in [9.17, 15) is 0 Å². The van der Waals surface area contributed by atoms with E-state index in [0.29, 0.717) is 11.7 Å². The van der Waals surface area contributed by atoms with E-state index in [1.165, 1.54) is 12.8 Å². The Morgan fingerprint density at radius 3 is 3.06 bits per heavy atom. The van der Waals surface area contributed by atoms with E-state index in [2.05, 4.69) is 20.4 Å². The fraction of sp³-hybridized carbons (Fsp3) is 0.417. The molecule has 1 N–H and O–H groups in total. The van der Waals surface area contributed by atoms with Crippen LogP contribution in [0.25, 0.3) is 11.5 Å².